The first kappa shape index (κ1) is 10.7. The number of nitrogens with one attached hydrogen (secondary N) is 1. The zero-order valence-corrected chi connectivity index (χ0v) is 7.61. The number of rotatable bonds is 2. The Kier molecular flexibility index (Phi) is 3.20. The van der Waals surface area contributed by atoms with Crippen LogP contribution in [0.1, 0.15) is 23.4 Å². The van der Waals surface area contributed by atoms with Gasteiger partial charge >= 0.3 is 0 Å². The average molecular weight is 219 g/mol. The molecule has 3 nitrogen and oxygen atoms in total. The fourth-order valence-electron chi connectivity index (χ4n) is 1.000. The van der Waals surface area contributed by atoms with Crippen LogP contribution >= 0.6 is 11.6 Å². The Morgan fingerprint density at radius 3 is 2.71 bits per heavy atom. The van der Waals surface area contributed by atoms with E-state index < -0.39 is 23.1 Å². The molecule has 0 aromatic carbocycles. The molecule has 14 heavy (non-hydrogen) atoms. The molecule has 0 aliphatic carbocycles. The second kappa shape index (κ2) is 4.20. The van der Waals surface area contributed by atoms with E-state index in [2.05, 4.69) is 4.98 Å². The third kappa shape index (κ3) is 1.91. The molecule has 0 amide bonds. The number of H-pyrrole nitrogens is 1. The predicted molar refractivity (Wildman–Crippen MR) is 46.3 cm³/mol. The van der Waals surface area contributed by atoms with Crippen molar-refractivity contribution in [3.8, 4) is 6.07 Å². The number of hydrogen-bond donors (Lipinski definition) is 1. The molecular weight excluding hydrogens is 214 g/mol. The Morgan fingerprint density at radius 2 is 2.29 bits per heavy atom. The van der Waals surface area contributed by atoms with Crippen molar-refractivity contribution in [1.29, 1.82) is 5.26 Å². The molecular formula is C8H5ClF2N2O. The molecule has 0 saturated carbocycles. The van der Waals surface area contributed by atoms with Crippen LogP contribution in [0, 0.1) is 11.3 Å². The molecule has 0 aliphatic heterocycles. The standard InChI is InChI=1S/C8H5ClF2N2O/c9-2-4-1-6(14)7(8(10)11)5(3-12)13-4/h1,8H,2H2,(H,13,14). The van der Waals surface area contributed by atoms with Crippen molar-refractivity contribution in [2.24, 2.45) is 0 Å². The number of alkyl halides is 3. The zero-order valence-electron chi connectivity index (χ0n) is 6.85. The summed E-state index contributed by atoms with van der Waals surface area (Å²) in [7, 11) is 0. The lowest BCUT2D eigenvalue weighted by Crippen LogP contribution is -2.14. The third-order valence-electron chi connectivity index (χ3n) is 1.60. The molecule has 0 spiro atoms. The molecule has 0 radical (unpaired) electrons. The molecule has 0 fully saturated rings. The van der Waals surface area contributed by atoms with Crippen LogP contribution < -0.4 is 5.43 Å². The molecule has 0 aliphatic rings. The van der Waals surface area contributed by atoms with Crippen LogP contribution in [0.5, 0.6) is 0 Å². The Morgan fingerprint density at radius 1 is 1.64 bits per heavy atom. The van der Waals surface area contributed by atoms with E-state index in [1.807, 2.05) is 0 Å². The summed E-state index contributed by atoms with van der Waals surface area (Å²) in [6, 6.07) is 2.47. The van der Waals surface area contributed by atoms with Crippen LogP contribution in [0.4, 0.5) is 8.78 Å². The smallest absolute Gasteiger partial charge is 0.270 e. The van der Waals surface area contributed by atoms with Crippen molar-refractivity contribution in [3.63, 3.8) is 0 Å². The average Bonchev–Trinajstić information content (AvgIpc) is 2.15. The number of aromatic nitrogens is 1. The first-order chi connectivity index (χ1) is 6.60. The summed E-state index contributed by atoms with van der Waals surface area (Å²) in [5, 5.41) is 8.52. The minimum absolute atomic E-state index is 0.0343. The fraction of sp³-hybridized carbons (Fsp3) is 0.250. The first-order valence-corrected chi connectivity index (χ1v) is 4.14. The molecule has 0 atom stereocenters. The summed E-state index contributed by atoms with van der Waals surface area (Å²) in [5.41, 5.74) is -1.85. The van der Waals surface area contributed by atoms with Gasteiger partial charge in [-0.25, -0.2) is 8.78 Å². The van der Waals surface area contributed by atoms with Crippen LogP contribution in [0.15, 0.2) is 10.9 Å². The zero-order chi connectivity index (χ0) is 10.7. The largest absolute Gasteiger partial charge is 0.349 e. The van der Waals surface area contributed by atoms with Crippen LogP contribution in [0.3, 0.4) is 0 Å². The minimum Gasteiger partial charge on any atom is -0.349 e. The van der Waals surface area contributed by atoms with Gasteiger partial charge < -0.3 is 4.98 Å². The van der Waals surface area contributed by atoms with Gasteiger partial charge in [-0.1, -0.05) is 0 Å². The number of pyridine rings is 1. The van der Waals surface area contributed by atoms with E-state index in [-0.39, 0.29) is 11.6 Å². The van der Waals surface area contributed by atoms with Gasteiger partial charge in [-0.15, -0.1) is 11.6 Å². The normalized spacial score (nSPS) is 10.2. The van der Waals surface area contributed by atoms with Gasteiger partial charge in [0.25, 0.3) is 6.43 Å². The highest BCUT2D eigenvalue weighted by molar-refractivity contribution is 6.16. The predicted octanol–water partition coefficient (Wildman–Crippen LogP) is 1.92. The number of aromatic amines is 1. The molecule has 1 aromatic heterocycles. The maximum absolute atomic E-state index is 12.3. The molecule has 1 rings (SSSR count). The number of hydrogen-bond acceptors (Lipinski definition) is 2. The molecule has 0 saturated heterocycles. The van der Waals surface area contributed by atoms with Crippen LogP contribution in [-0.4, -0.2) is 4.98 Å². The Labute approximate surface area is 82.9 Å². The molecule has 74 valence electrons. The van der Waals surface area contributed by atoms with Gasteiger partial charge in [-0.05, 0) is 0 Å². The maximum Gasteiger partial charge on any atom is 0.270 e. The quantitative estimate of drug-likeness (QED) is 0.771. The van der Waals surface area contributed by atoms with Gasteiger partial charge in [0, 0.05) is 11.8 Å². The Bertz CT molecular complexity index is 436. The van der Waals surface area contributed by atoms with Crippen LogP contribution in [0.25, 0.3) is 0 Å². The van der Waals surface area contributed by atoms with E-state index in [4.69, 9.17) is 16.9 Å². The van der Waals surface area contributed by atoms with Crippen LogP contribution in [0.2, 0.25) is 0 Å². The Balaban J connectivity index is 3.45. The van der Waals surface area contributed by atoms with E-state index in [0.29, 0.717) is 0 Å². The molecule has 1 heterocycles. The van der Waals surface area contributed by atoms with E-state index in [1.54, 1.807) is 0 Å². The third-order valence-corrected chi connectivity index (χ3v) is 1.89. The van der Waals surface area contributed by atoms with Crippen LogP contribution in [-0.2, 0) is 5.88 Å². The highest BCUT2D eigenvalue weighted by Gasteiger charge is 2.18. The fourth-order valence-corrected chi connectivity index (χ4v) is 1.14. The van der Waals surface area contributed by atoms with Crippen molar-refractivity contribution in [1.82, 2.24) is 4.98 Å². The van der Waals surface area contributed by atoms with Gasteiger partial charge in [-0.2, -0.15) is 5.26 Å². The van der Waals surface area contributed by atoms with E-state index in [1.165, 1.54) is 6.07 Å². The van der Waals surface area contributed by atoms with Crippen molar-refractivity contribution in [2.45, 2.75) is 12.3 Å². The minimum atomic E-state index is -2.96. The lowest BCUT2D eigenvalue weighted by atomic mass is 10.2. The van der Waals surface area contributed by atoms with Crippen molar-refractivity contribution in [3.05, 3.63) is 33.2 Å². The van der Waals surface area contributed by atoms with Gasteiger partial charge in [0.05, 0.1) is 11.4 Å². The van der Waals surface area contributed by atoms with Crippen molar-refractivity contribution in [2.75, 3.05) is 0 Å². The van der Waals surface area contributed by atoms with Crippen molar-refractivity contribution < 1.29 is 8.78 Å². The van der Waals surface area contributed by atoms with Gasteiger partial charge in [0.1, 0.15) is 11.8 Å². The summed E-state index contributed by atoms with van der Waals surface area (Å²) in [6.45, 7) is 0. The second-order valence-corrected chi connectivity index (χ2v) is 2.76. The molecule has 0 bridgehead atoms. The number of halogens is 3. The summed E-state index contributed by atoms with van der Waals surface area (Å²) in [5.74, 6) is -0.0343. The van der Waals surface area contributed by atoms with E-state index >= 15 is 0 Å². The SMILES string of the molecule is N#Cc1[nH]c(CCl)cc(=O)c1C(F)F. The lowest BCUT2D eigenvalue weighted by molar-refractivity contribution is 0.149. The summed E-state index contributed by atoms with van der Waals surface area (Å²) < 4.78 is 24.6. The summed E-state index contributed by atoms with van der Waals surface area (Å²) >= 11 is 5.39. The summed E-state index contributed by atoms with van der Waals surface area (Å²) in [4.78, 5) is 13.5. The molecule has 1 N–H and O–H groups in total. The highest BCUT2D eigenvalue weighted by atomic mass is 35.5. The van der Waals surface area contributed by atoms with Gasteiger partial charge in [0.2, 0.25) is 0 Å². The van der Waals surface area contributed by atoms with Crippen molar-refractivity contribution >= 4 is 11.6 Å². The van der Waals surface area contributed by atoms with Gasteiger partial charge in [0.15, 0.2) is 5.43 Å². The second-order valence-electron chi connectivity index (χ2n) is 2.49. The molecule has 1 aromatic rings. The Hall–Kier alpha value is -1.41. The maximum atomic E-state index is 12.3. The lowest BCUT2D eigenvalue weighted by Gasteiger charge is -2.03. The monoisotopic (exact) mass is 218 g/mol. The number of nitriles is 1. The van der Waals surface area contributed by atoms with E-state index in [9.17, 15) is 13.6 Å². The van der Waals surface area contributed by atoms with E-state index in [0.717, 1.165) is 6.07 Å². The summed E-state index contributed by atoms with van der Waals surface area (Å²) in [6.07, 6.45) is -2.96. The highest BCUT2D eigenvalue weighted by Crippen LogP contribution is 2.17. The van der Waals surface area contributed by atoms with Gasteiger partial charge in [-0.3, -0.25) is 4.79 Å². The number of nitrogens with zero attached hydrogens (tertiary/aromatic N) is 1. The molecule has 0 unspecified atom stereocenters. The topological polar surface area (TPSA) is 56.6 Å². The molecule has 6 heteroatoms. The first-order valence-electron chi connectivity index (χ1n) is 3.60.